The number of benzene rings is 10. The monoisotopic (exact) mass is 1090 g/mol. The second kappa shape index (κ2) is 24.9. The smallest absolute Gasteiger partial charge is 0.336 e. The third-order valence-corrected chi connectivity index (χ3v) is 17.5. The lowest BCUT2D eigenvalue weighted by atomic mass is 9.37. The van der Waals surface area contributed by atoms with Gasteiger partial charge in [-0.1, -0.05) is 186 Å². The van der Waals surface area contributed by atoms with Crippen LogP contribution in [0.1, 0.15) is 54.9 Å². The van der Waals surface area contributed by atoms with Gasteiger partial charge in [-0.25, -0.2) is 4.79 Å². The van der Waals surface area contributed by atoms with E-state index >= 15 is 0 Å². The van der Waals surface area contributed by atoms with Crippen LogP contribution in [0.4, 0.5) is 17.1 Å². The van der Waals surface area contributed by atoms with Crippen molar-refractivity contribution in [1.82, 2.24) is 0 Å². The summed E-state index contributed by atoms with van der Waals surface area (Å²) >= 11 is 0. The number of rotatable bonds is 10. The van der Waals surface area contributed by atoms with Crippen LogP contribution in [0.5, 0.6) is 17.2 Å². The molecule has 3 heterocycles. The summed E-state index contributed by atoms with van der Waals surface area (Å²) < 4.78 is 24.2. The van der Waals surface area contributed by atoms with E-state index < -0.39 is 13.9 Å². The quantitative estimate of drug-likeness (QED) is 0.0839. The average molecular weight is 1090 g/mol. The normalized spacial score (nSPS) is 12.8. The van der Waals surface area contributed by atoms with Gasteiger partial charge >= 0.3 is 5.97 Å². The number of fused-ring (bicyclic) bond motifs is 3. The minimum atomic E-state index is -0.888. The fourth-order valence-corrected chi connectivity index (χ4v) is 13.2. The Morgan fingerprint density at radius 1 is 0.378 bits per heavy atom. The molecule has 0 unspecified atom stereocenters. The molecule has 0 bridgehead atoms. The zero-order chi connectivity index (χ0) is 56.5. The summed E-state index contributed by atoms with van der Waals surface area (Å²) in [6.07, 6.45) is 6.39. The Kier molecular flexibility index (Phi) is 16.6. The van der Waals surface area contributed by atoms with Gasteiger partial charge in [-0.05, 0) is 117 Å². The molecule has 8 nitrogen and oxygen atoms in total. The third-order valence-electron chi connectivity index (χ3n) is 15.0. The van der Waals surface area contributed by atoms with E-state index in [1.54, 1.807) is 0 Å². The van der Waals surface area contributed by atoms with E-state index in [1.807, 2.05) is 61.9 Å². The van der Waals surface area contributed by atoms with Crippen LogP contribution in [0.3, 0.4) is 0 Å². The van der Waals surface area contributed by atoms with Crippen molar-refractivity contribution in [1.29, 1.82) is 0 Å². The first-order chi connectivity index (χ1) is 40.1. The van der Waals surface area contributed by atoms with Gasteiger partial charge in [-0.2, -0.15) is 13.7 Å². The molecule has 0 fully saturated rings. The molecule has 10 aromatic carbocycles. The molecule has 82 heavy (non-hydrogen) atoms. The number of carbonyl (C=O) groups is 1. The van der Waals surface area contributed by atoms with Gasteiger partial charge in [0.1, 0.15) is 17.2 Å². The molecule has 0 radical (unpaired) electrons. The number of hydrogen-bond donors (Lipinski definition) is 1. The summed E-state index contributed by atoms with van der Waals surface area (Å²) in [7, 11) is -0.582. The largest absolute Gasteiger partial charge is 0.478 e. The van der Waals surface area contributed by atoms with Gasteiger partial charge in [0.25, 0.3) is 20.2 Å². The van der Waals surface area contributed by atoms with Crippen LogP contribution < -0.4 is 46.5 Å². The lowest BCUT2D eigenvalue weighted by molar-refractivity contribution is -0.476. The molecule has 0 saturated heterocycles. The molecule has 0 spiro atoms. The molecule has 0 saturated carbocycles. The van der Waals surface area contributed by atoms with Crippen molar-refractivity contribution in [2.75, 3.05) is 20.2 Å². The van der Waals surface area contributed by atoms with Crippen LogP contribution in [0.25, 0.3) is 0 Å². The molecule has 0 atom stereocenters. The number of aromatic carboxylic acids is 1. The van der Waals surface area contributed by atoms with E-state index in [4.69, 9.17) is 14.2 Å². The summed E-state index contributed by atoms with van der Waals surface area (Å²) in [5.41, 5.74) is 15.7. The minimum absolute atomic E-state index is 0.214. The molecular weight excluding hydrogens is 1030 g/mol. The fourth-order valence-electron chi connectivity index (χ4n) is 11.0. The van der Waals surface area contributed by atoms with Crippen molar-refractivity contribution in [3.05, 3.63) is 287 Å². The van der Waals surface area contributed by atoms with Crippen LogP contribution in [-0.2, 0) is 0 Å². The predicted molar refractivity (Wildman–Crippen MR) is 337 cm³/mol. The summed E-state index contributed by atoms with van der Waals surface area (Å²) in [6, 6.07) is 83.1. The van der Waals surface area contributed by atoms with E-state index in [0.717, 1.165) is 67.7 Å². The highest BCUT2D eigenvalue weighted by Gasteiger charge is 2.27. The topological polar surface area (TPSA) is 74.0 Å². The van der Waals surface area contributed by atoms with E-state index in [9.17, 15) is 9.90 Å². The Hall–Kier alpha value is -9.43. The second-order valence-electron chi connectivity index (χ2n) is 20.7. The summed E-state index contributed by atoms with van der Waals surface area (Å²) in [5.74, 6) is 2.00. The molecule has 0 aromatic heterocycles. The number of aryl methyl sites for hydroxylation is 5. The number of hydrogen-bond acceptors (Lipinski definition) is 4. The van der Waals surface area contributed by atoms with Crippen LogP contribution in [0.15, 0.2) is 237 Å². The van der Waals surface area contributed by atoms with E-state index in [-0.39, 0.29) is 6.71 Å². The SMILES string of the molecule is Cc1cccc2c1OC[N+](c1cc(C)c(C(=O)O)c(C)c1)=C2.Cc1cccc2c1OC[N+](c1ccc(B(c3ccccc3)c3ccccc3)cc1)=C2.Cc1cccc2c1OC[N+](c1ccc(P(c3ccccc3)c3ccccc3)cc1)=C2. The van der Waals surface area contributed by atoms with Crippen LogP contribution in [0.2, 0.25) is 0 Å². The lowest BCUT2D eigenvalue weighted by Gasteiger charge is -2.19. The Morgan fingerprint density at radius 2 is 0.707 bits per heavy atom. The highest BCUT2D eigenvalue weighted by molar-refractivity contribution is 7.79. The van der Waals surface area contributed by atoms with Crippen molar-refractivity contribution in [2.24, 2.45) is 0 Å². The van der Waals surface area contributed by atoms with Crippen LogP contribution >= 0.6 is 7.92 Å². The highest BCUT2D eigenvalue weighted by Crippen LogP contribution is 2.34. The molecular formula is C72H64BN3O5P+3. The Bertz CT molecular complexity index is 3710. The number of ether oxygens (including phenoxy) is 3. The summed E-state index contributed by atoms with van der Waals surface area (Å²) in [4.78, 5) is 11.3. The summed E-state index contributed by atoms with van der Waals surface area (Å²) in [6.45, 7) is 11.5. The number of carboxylic acids is 1. The van der Waals surface area contributed by atoms with Gasteiger partial charge in [-0.15, -0.1) is 0 Å². The molecule has 3 aliphatic heterocycles. The number of carboxylic acid groups (broad SMARTS) is 1. The third kappa shape index (κ3) is 12.2. The Morgan fingerprint density at radius 3 is 1.09 bits per heavy atom. The van der Waals surface area contributed by atoms with Crippen molar-refractivity contribution in [3.8, 4) is 17.2 Å². The predicted octanol–water partition coefficient (Wildman–Crippen LogP) is 11.9. The Balaban J connectivity index is 0.000000131. The van der Waals surface area contributed by atoms with Gasteiger partial charge in [0.05, 0.1) is 22.3 Å². The van der Waals surface area contributed by atoms with Gasteiger partial charge in [0.2, 0.25) is 23.8 Å². The van der Waals surface area contributed by atoms with Crippen molar-refractivity contribution < 1.29 is 37.8 Å². The maximum Gasteiger partial charge on any atom is 0.336 e. The van der Waals surface area contributed by atoms with Crippen molar-refractivity contribution in [2.45, 2.75) is 34.6 Å². The first kappa shape index (κ1) is 54.5. The maximum absolute atomic E-state index is 11.3. The van der Waals surface area contributed by atoms with E-state index in [1.165, 1.54) is 43.4 Å². The van der Waals surface area contributed by atoms with E-state index in [0.29, 0.717) is 25.8 Å². The lowest BCUT2D eigenvalue weighted by Crippen LogP contribution is -2.51. The summed E-state index contributed by atoms with van der Waals surface area (Å²) in [5, 5.41) is 13.3. The fraction of sp³-hybridized carbons (Fsp3) is 0.111. The highest BCUT2D eigenvalue weighted by atomic mass is 31.1. The molecule has 10 aromatic rings. The average Bonchev–Trinajstić information content (AvgIpc) is 3.70. The van der Waals surface area contributed by atoms with Crippen molar-refractivity contribution in [3.63, 3.8) is 0 Å². The van der Waals surface area contributed by atoms with Crippen molar-refractivity contribution >= 4 is 88.6 Å². The molecule has 10 heteroatoms. The number of para-hydroxylation sites is 3. The van der Waals surface area contributed by atoms with E-state index in [2.05, 4.69) is 242 Å². The first-order valence-electron chi connectivity index (χ1n) is 27.6. The minimum Gasteiger partial charge on any atom is -0.478 e. The molecule has 13 rings (SSSR count). The zero-order valence-electron chi connectivity index (χ0n) is 46.8. The zero-order valence-corrected chi connectivity index (χ0v) is 47.7. The van der Waals surface area contributed by atoms with Gasteiger partial charge < -0.3 is 19.3 Å². The molecule has 0 aliphatic carbocycles. The Labute approximate surface area is 482 Å². The number of nitrogens with zero attached hydrogens (tertiary/aromatic N) is 3. The maximum atomic E-state index is 11.3. The van der Waals surface area contributed by atoms with Gasteiger partial charge in [-0.3, -0.25) is 0 Å². The molecule has 0 amide bonds. The molecule has 1 N–H and O–H groups in total. The van der Waals surface area contributed by atoms with Gasteiger partial charge in [0.15, 0.2) is 18.6 Å². The van der Waals surface area contributed by atoms with Crippen LogP contribution in [-0.4, -0.2) is 70.4 Å². The standard InChI is InChI=1S/C27H23BNO.C27H23NOP.C18H17NO3/c1-21-9-8-10-22-19-29(20-30-27(21)22)26-17-15-25(16-18-26)28(23-11-4-2-5-12-23)24-13-6-3-7-14-24;1-21-9-8-10-22-19-28(20-29-27(21)22)23-15-17-26(18-16-23)30(24-11-4-2-5-12-24)25-13-6-3-7-14-25;1-11-5-4-6-14-9-19(10-22-17(11)14)15-7-12(2)16(18(20)21)13(3)8-15/h2*2-19H,20H2,1H3;4-9H,10H2,1-3H3/q2*+1;/p+1. The molecule has 402 valence electrons. The van der Waals surface area contributed by atoms with Gasteiger partial charge in [0, 0.05) is 36.4 Å². The van der Waals surface area contributed by atoms with Crippen LogP contribution in [0, 0.1) is 34.6 Å². The molecule has 3 aliphatic rings. The second-order valence-corrected chi connectivity index (χ2v) is 22.9. The first-order valence-corrected chi connectivity index (χ1v) is 29.0.